The highest BCUT2D eigenvalue weighted by molar-refractivity contribution is 6.01. The summed E-state index contributed by atoms with van der Waals surface area (Å²) in [5.74, 6) is 0.363. The summed E-state index contributed by atoms with van der Waals surface area (Å²) in [6, 6.07) is 20.2. The van der Waals surface area contributed by atoms with E-state index < -0.39 is 0 Å². The molecule has 5 nitrogen and oxygen atoms in total. The van der Waals surface area contributed by atoms with Gasteiger partial charge in [-0.3, -0.25) is 5.10 Å². The summed E-state index contributed by atoms with van der Waals surface area (Å²) >= 11 is 0. The van der Waals surface area contributed by atoms with Crippen molar-refractivity contribution in [1.29, 1.82) is 0 Å². The highest BCUT2D eigenvalue weighted by Crippen LogP contribution is 2.36. The SMILES string of the molecule is CNCc1cc(F)cc(-c2cccc3[nH]c(-c4n[nH]c5ccc(C6CCNCC6)cc45)cc23)c1. The van der Waals surface area contributed by atoms with Gasteiger partial charge >= 0.3 is 0 Å². The molecule has 0 bridgehead atoms. The first-order chi connectivity index (χ1) is 16.7. The zero-order valence-corrected chi connectivity index (χ0v) is 19.2. The second-order valence-electron chi connectivity index (χ2n) is 9.23. The summed E-state index contributed by atoms with van der Waals surface area (Å²) in [4.78, 5) is 3.56. The minimum Gasteiger partial charge on any atom is -0.353 e. The molecule has 0 saturated carbocycles. The quantitative estimate of drug-likeness (QED) is 0.276. The molecule has 1 aliphatic heterocycles. The van der Waals surface area contributed by atoms with Crippen LogP contribution in [0.3, 0.4) is 0 Å². The maximum Gasteiger partial charge on any atom is 0.124 e. The van der Waals surface area contributed by atoms with E-state index in [0.717, 1.165) is 75.8 Å². The van der Waals surface area contributed by atoms with Gasteiger partial charge in [0.15, 0.2) is 0 Å². The molecule has 6 heteroatoms. The van der Waals surface area contributed by atoms with E-state index in [4.69, 9.17) is 0 Å². The molecule has 1 aliphatic rings. The van der Waals surface area contributed by atoms with Crippen LogP contribution in [0.5, 0.6) is 0 Å². The van der Waals surface area contributed by atoms with Crippen molar-refractivity contribution in [3.63, 3.8) is 0 Å². The Labute approximate surface area is 197 Å². The number of fused-ring (bicyclic) bond motifs is 2. The van der Waals surface area contributed by atoms with Crippen molar-refractivity contribution in [2.45, 2.75) is 25.3 Å². The Bertz CT molecular complexity index is 1480. The van der Waals surface area contributed by atoms with E-state index in [1.807, 2.05) is 13.1 Å². The average molecular weight is 454 g/mol. The molecule has 172 valence electrons. The Kier molecular flexibility index (Phi) is 5.40. The fourth-order valence-electron chi connectivity index (χ4n) is 5.29. The van der Waals surface area contributed by atoms with Crippen LogP contribution < -0.4 is 10.6 Å². The Morgan fingerprint density at radius 2 is 1.85 bits per heavy atom. The van der Waals surface area contributed by atoms with Crippen molar-refractivity contribution in [3.05, 3.63) is 77.6 Å². The van der Waals surface area contributed by atoms with Crippen molar-refractivity contribution < 1.29 is 4.39 Å². The van der Waals surface area contributed by atoms with Crippen LogP contribution in [0, 0.1) is 5.82 Å². The van der Waals surface area contributed by atoms with Crippen LogP contribution in [0.1, 0.15) is 29.9 Å². The second-order valence-corrected chi connectivity index (χ2v) is 9.23. The first-order valence-corrected chi connectivity index (χ1v) is 11.9. The number of aromatic amines is 2. The Hall–Kier alpha value is -3.48. The molecule has 5 aromatic rings. The van der Waals surface area contributed by atoms with E-state index in [2.05, 4.69) is 68.3 Å². The molecule has 4 N–H and O–H groups in total. The zero-order chi connectivity index (χ0) is 23.1. The normalized spacial score (nSPS) is 14.9. The Morgan fingerprint density at radius 1 is 0.971 bits per heavy atom. The van der Waals surface area contributed by atoms with Gasteiger partial charge < -0.3 is 15.6 Å². The van der Waals surface area contributed by atoms with E-state index in [9.17, 15) is 4.39 Å². The zero-order valence-electron chi connectivity index (χ0n) is 19.2. The van der Waals surface area contributed by atoms with Crippen molar-refractivity contribution in [3.8, 4) is 22.5 Å². The summed E-state index contributed by atoms with van der Waals surface area (Å²) in [5, 5.41) is 16.6. The van der Waals surface area contributed by atoms with E-state index in [-0.39, 0.29) is 5.82 Å². The monoisotopic (exact) mass is 453 g/mol. The molecule has 1 fully saturated rings. The fraction of sp³-hybridized carbons (Fsp3) is 0.250. The molecule has 6 rings (SSSR count). The molecule has 3 heterocycles. The van der Waals surface area contributed by atoms with Gasteiger partial charge in [-0.1, -0.05) is 18.2 Å². The van der Waals surface area contributed by atoms with Crippen molar-refractivity contribution in [1.82, 2.24) is 25.8 Å². The molecule has 0 atom stereocenters. The Morgan fingerprint density at radius 3 is 2.71 bits per heavy atom. The van der Waals surface area contributed by atoms with Crippen LogP contribution in [0.15, 0.2) is 60.7 Å². The summed E-state index contributed by atoms with van der Waals surface area (Å²) < 4.78 is 14.4. The smallest absolute Gasteiger partial charge is 0.124 e. The third-order valence-electron chi connectivity index (χ3n) is 6.97. The number of piperidine rings is 1. The molecule has 3 aromatic carbocycles. The number of halogens is 1. The van der Waals surface area contributed by atoms with Crippen LogP contribution >= 0.6 is 0 Å². The third kappa shape index (κ3) is 3.79. The maximum absolute atomic E-state index is 14.4. The first kappa shape index (κ1) is 21.1. The van der Waals surface area contributed by atoms with Crippen LogP contribution in [0.25, 0.3) is 44.3 Å². The van der Waals surface area contributed by atoms with Crippen molar-refractivity contribution in [2.75, 3.05) is 20.1 Å². The molecular formula is C28H28FN5. The maximum atomic E-state index is 14.4. The van der Waals surface area contributed by atoms with E-state index >= 15 is 0 Å². The predicted octanol–water partition coefficient (Wildman–Crippen LogP) is 5.70. The van der Waals surface area contributed by atoms with Gasteiger partial charge in [0.05, 0.1) is 11.2 Å². The van der Waals surface area contributed by atoms with E-state index in [0.29, 0.717) is 12.5 Å². The molecule has 0 radical (unpaired) electrons. The lowest BCUT2D eigenvalue weighted by molar-refractivity contribution is 0.460. The van der Waals surface area contributed by atoms with Gasteiger partial charge in [0, 0.05) is 22.8 Å². The molecule has 34 heavy (non-hydrogen) atoms. The van der Waals surface area contributed by atoms with Gasteiger partial charge in [0.25, 0.3) is 0 Å². The van der Waals surface area contributed by atoms with Gasteiger partial charge in [-0.2, -0.15) is 5.10 Å². The van der Waals surface area contributed by atoms with E-state index in [1.165, 1.54) is 5.56 Å². The van der Waals surface area contributed by atoms with Gasteiger partial charge in [-0.05, 0) is 104 Å². The summed E-state index contributed by atoms with van der Waals surface area (Å²) in [7, 11) is 1.87. The number of nitrogens with one attached hydrogen (secondary N) is 4. The molecular weight excluding hydrogens is 425 g/mol. The van der Waals surface area contributed by atoms with Crippen LogP contribution in [0.4, 0.5) is 4.39 Å². The van der Waals surface area contributed by atoms with Gasteiger partial charge in [0.2, 0.25) is 0 Å². The highest BCUT2D eigenvalue weighted by Gasteiger charge is 2.18. The number of hydrogen-bond donors (Lipinski definition) is 4. The molecule has 0 aliphatic carbocycles. The first-order valence-electron chi connectivity index (χ1n) is 11.9. The molecule has 0 unspecified atom stereocenters. The van der Waals surface area contributed by atoms with Crippen molar-refractivity contribution in [2.24, 2.45) is 0 Å². The largest absolute Gasteiger partial charge is 0.353 e. The third-order valence-corrected chi connectivity index (χ3v) is 6.97. The molecule has 0 spiro atoms. The van der Waals surface area contributed by atoms with E-state index in [1.54, 1.807) is 12.1 Å². The van der Waals surface area contributed by atoms with Gasteiger partial charge in [-0.25, -0.2) is 4.39 Å². The minimum absolute atomic E-state index is 0.223. The van der Waals surface area contributed by atoms with Gasteiger partial charge in [0.1, 0.15) is 11.5 Å². The lowest BCUT2D eigenvalue weighted by Crippen LogP contribution is -2.26. The lowest BCUT2D eigenvalue weighted by atomic mass is 9.89. The minimum atomic E-state index is -0.223. The standard InChI is InChI=1S/C28H28FN5/c1-30-16-17-11-20(13-21(29)12-17)22-3-2-4-25-23(22)15-27(32-25)28-24-14-19(5-6-26(24)33-34-28)18-7-9-31-10-8-18/h2-6,11-15,18,30-32H,7-10,16H2,1H3,(H,33,34). The second kappa shape index (κ2) is 8.70. The number of hydrogen-bond acceptors (Lipinski definition) is 3. The average Bonchev–Trinajstić information content (AvgIpc) is 3.48. The number of rotatable bonds is 5. The fourth-order valence-corrected chi connectivity index (χ4v) is 5.29. The Balaban J connectivity index is 1.44. The predicted molar refractivity (Wildman–Crippen MR) is 136 cm³/mol. The van der Waals surface area contributed by atoms with Gasteiger partial charge in [-0.15, -0.1) is 0 Å². The highest BCUT2D eigenvalue weighted by atomic mass is 19.1. The van der Waals surface area contributed by atoms with Crippen molar-refractivity contribution >= 4 is 21.8 Å². The number of aromatic nitrogens is 3. The molecule has 2 aromatic heterocycles. The summed E-state index contributed by atoms with van der Waals surface area (Å²) in [5.41, 5.74) is 8.12. The number of H-pyrrole nitrogens is 2. The van der Waals surface area contributed by atoms with Crippen LogP contribution in [0.2, 0.25) is 0 Å². The van der Waals surface area contributed by atoms with Crippen LogP contribution in [-0.2, 0) is 6.54 Å². The topological polar surface area (TPSA) is 68.5 Å². The molecule has 0 amide bonds. The number of nitrogens with zero attached hydrogens (tertiary/aromatic N) is 1. The summed E-state index contributed by atoms with van der Waals surface area (Å²) in [6.07, 6.45) is 2.33. The number of benzene rings is 3. The summed E-state index contributed by atoms with van der Waals surface area (Å²) in [6.45, 7) is 2.77. The lowest BCUT2D eigenvalue weighted by Gasteiger charge is -2.23. The van der Waals surface area contributed by atoms with Crippen LogP contribution in [-0.4, -0.2) is 35.3 Å². The molecule has 1 saturated heterocycles.